The van der Waals surface area contributed by atoms with Crippen molar-refractivity contribution in [3.8, 4) is 0 Å². The maximum atomic E-state index is 12.8. The number of aromatic nitrogens is 1. The van der Waals surface area contributed by atoms with Crippen LogP contribution in [-0.2, 0) is 9.59 Å². The Labute approximate surface area is 198 Å². The second-order valence-electron chi connectivity index (χ2n) is 8.22. The number of carboxylic acids is 1. The highest BCUT2D eigenvalue weighted by Crippen LogP contribution is 2.48. The first-order valence-electron chi connectivity index (χ1n) is 11.0. The molecule has 1 amide bonds. The Bertz CT molecular complexity index is 1160. The lowest BCUT2D eigenvalue weighted by molar-refractivity contribution is -0.137. The van der Waals surface area contributed by atoms with Crippen molar-refractivity contribution in [1.29, 1.82) is 0 Å². The molecule has 2 unspecified atom stereocenters. The molecule has 1 aliphatic rings. The zero-order chi connectivity index (χ0) is 23.2. The van der Waals surface area contributed by atoms with E-state index in [9.17, 15) is 9.59 Å². The number of hydrogen-bond acceptors (Lipinski definition) is 3. The number of hydrogen-bond donors (Lipinski definition) is 2. The fourth-order valence-electron chi connectivity index (χ4n) is 3.99. The largest absolute Gasteiger partial charge is 0.481 e. The number of halogens is 1. The van der Waals surface area contributed by atoms with Gasteiger partial charge in [0.25, 0.3) is 0 Å². The lowest BCUT2D eigenvalue weighted by Gasteiger charge is -2.11. The van der Waals surface area contributed by atoms with Crippen LogP contribution in [0.1, 0.15) is 48.3 Å². The predicted molar refractivity (Wildman–Crippen MR) is 130 cm³/mol. The molecule has 0 bridgehead atoms. The first-order chi connectivity index (χ1) is 16.0. The van der Waals surface area contributed by atoms with E-state index in [4.69, 9.17) is 16.7 Å². The molecular weight excluding hydrogens is 436 g/mol. The SMILES string of the molecule is O=C(O)CCC/C=C(/c1cccnc1)c1cccc(NC(=O)C2CC2c2ccc(Cl)cc2)c1. The summed E-state index contributed by atoms with van der Waals surface area (Å²) in [6.45, 7) is 0. The van der Waals surface area contributed by atoms with Crippen LogP contribution in [0.3, 0.4) is 0 Å². The van der Waals surface area contributed by atoms with Crippen molar-refractivity contribution in [2.75, 3.05) is 5.32 Å². The number of carboxylic acid groups (broad SMARTS) is 1. The van der Waals surface area contributed by atoms with Gasteiger partial charge >= 0.3 is 5.97 Å². The molecule has 0 spiro atoms. The molecule has 1 aromatic heterocycles. The number of anilines is 1. The Morgan fingerprint density at radius 3 is 2.61 bits per heavy atom. The van der Waals surface area contributed by atoms with Gasteiger partial charge in [-0.3, -0.25) is 14.6 Å². The minimum atomic E-state index is -0.798. The summed E-state index contributed by atoms with van der Waals surface area (Å²) in [6, 6.07) is 19.3. The molecule has 0 aliphatic heterocycles. The van der Waals surface area contributed by atoms with E-state index in [1.807, 2.05) is 66.7 Å². The standard InChI is InChI=1S/C27H25ClN2O3/c28-21-12-10-18(11-13-21)24-16-25(24)27(33)30-22-7-3-5-19(15-22)23(8-1-2-9-26(31)32)20-6-4-14-29-17-20/h3-8,10-15,17,24-25H,1-2,9,16H2,(H,30,33)(H,31,32)/b23-8+. The molecule has 1 fully saturated rings. The number of pyridine rings is 1. The van der Waals surface area contributed by atoms with Gasteiger partial charge in [-0.05, 0) is 72.2 Å². The average Bonchev–Trinajstić information content (AvgIpc) is 3.61. The predicted octanol–water partition coefficient (Wildman–Crippen LogP) is 6.16. The number of benzene rings is 2. The zero-order valence-electron chi connectivity index (χ0n) is 18.1. The topological polar surface area (TPSA) is 79.3 Å². The van der Waals surface area contributed by atoms with E-state index in [1.54, 1.807) is 12.4 Å². The van der Waals surface area contributed by atoms with Crippen molar-refractivity contribution in [2.45, 2.75) is 31.6 Å². The number of carbonyl (C=O) groups excluding carboxylic acids is 1. The number of amides is 1. The molecule has 0 saturated heterocycles. The summed E-state index contributed by atoms with van der Waals surface area (Å²) in [5, 5.41) is 12.7. The molecule has 2 N–H and O–H groups in total. The summed E-state index contributed by atoms with van der Waals surface area (Å²) in [7, 11) is 0. The van der Waals surface area contributed by atoms with Crippen molar-refractivity contribution in [1.82, 2.24) is 4.98 Å². The van der Waals surface area contributed by atoms with Gasteiger partial charge in [0.2, 0.25) is 5.91 Å². The molecule has 0 radical (unpaired) electrons. The van der Waals surface area contributed by atoms with Gasteiger partial charge in [0.1, 0.15) is 0 Å². The highest BCUT2D eigenvalue weighted by atomic mass is 35.5. The molecule has 33 heavy (non-hydrogen) atoms. The van der Waals surface area contributed by atoms with Crippen LogP contribution in [0.4, 0.5) is 5.69 Å². The Morgan fingerprint density at radius 1 is 1.09 bits per heavy atom. The lowest BCUT2D eigenvalue weighted by Crippen LogP contribution is -2.14. The van der Waals surface area contributed by atoms with E-state index in [1.165, 1.54) is 0 Å². The van der Waals surface area contributed by atoms with Crippen molar-refractivity contribution >= 4 is 34.7 Å². The van der Waals surface area contributed by atoms with Gasteiger partial charge in [-0.25, -0.2) is 0 Å². The van der Waals surface area contributed by atoms with Crippen molar-refractivity contribution in [2.24, 2.45) is 5.92 Å². The number of aliphatic carboxylic acids is 1. The van der Waals surface area contributed by atoms with E-state index in [0.717, 1.165) is 34.4 Å². The maximum absolute atomic E-state index is 12.8. The number of allylic oxidation sites excluding steroid dienone is 1. The smallest absolute Gasteiger partial charge is 0.303 e. The van der Waals surface area contributed by atoms with Crippen LogP contribution >= 0.6 is 11.6 Å². The first-order valence-corrected chi connectivity index (χ1v) is 11.4. The summed E-state index contributed by atoms with van der Waals surface area (Å²) >= 11 is 5.97. The zero-order valence-corrected chi connectivity index (χ0v) is 18.8. The summed E-state index contributed by atoms with van der Waals surface area (Å²) in [4.78, 5) is 27.9. The van der Waals surface area contributed by atoms with Gasteiger partial charge in [0.05, 0.1) is 0 Å². The number of carbonyl (C=O) groups is 2. The second-order valence-corrected chi connectivity index (χ2v) is 8.65. The molecule has 6 heteroatoms. The number of rotatable bonds is 9. The summed E-state index contributed by atoms with van der Waals surface area (Å²) in [5.41, 5.74) is 4.73. The molecule has 3 aromatic rings. The summed E-state index contributed by atoms with van der Waals surface area (Å²) < 4.78 is 0. The van der Waals surface area contributed by atoms with Crippen molar-refractivity contribution in [3.63, 3.8) is 0 Å². The maximum Gasteiger partial charge on any atom is 0.303 e. The normalized spacial score (nSPS) is 17.4. The number of nitrogens with one attached hydrogen (secondary N) is 1. The molecule has 1 aliphatic carbocycles. The van der Waals surface area contributed by atoms with E-state index in [0.29, 0.717) is 17.9 Å². The molecule has 1 heterocycles. The Morgan fingerprint density at radius 2 is 1.88 bits per heavy atom. The van der Waals surface area contributed by atoms with E-state index in [2.05, 4.69) is 10.3 Å². The second kappa shape index (κ2) is 10.5. The third-order valence-corrected chi connectivity index (χ3v) is 6.03. The Hall–Kier alpha value is -3.44. The third-order valence-electron chi connectivity index (χ3n) is 5.78. The van der Waals surface area contributed by atoms with Crippen molar-refractivity contribution in [3.05, 3.63) is 101 Å². The van der Waals surface area contributed by atoms with Crippen LogP contribution in [0, 0.1) is 5.92 Å². The van der Waals surface area contributed by atoms with E-state index >= 15 is 0 Å². The van der Waals surface area contributed by atoms with Crippen LogP contribution < -0.4 is 5.32 Å². The summed E-state index contributed by atoms with van der Waals surface area (Å²) in [5.74, 6) is -0.599. The minimum absolute atomic E-state index is 0.0143. The minimum Gasteiger partial charge on any atom is -0.481 e. The fourth-order valence-corrected chi connectivity index (χ4v) is 4.11. The van der Waals surface area contributed by atoms with Gasteiger partial charge in [0, 0.05) is 41.0 Å². The Balaban J connectivity index is 1.48. The van der Waals surface area contributed by atoms with Crippen LogP contribution in [-0.4, -0.2) is 22.0 Å². The van der Waals surface area contributed by atoms with Gasteiger partial charge in [-0.1, -0.05) is 48.0 Å². The highest BCUT2D eigenvalue weighted by Gasteiger charge is 2.43. The molecule has 1 saturated carbocycles. The summed E-state index contributed by atoms with van der Waals surface area (Å²) in [6.07, 6.45) is 7.70. The molecule has 2 aromatic carbocycles. The lowest BCUT2D eigenvalue weighted by atomic mass is 9.97. The monoisotopic (exact) mass is 460 g/mol. The van der Waals surface area contributed by atoms with Gasteiger partial charge < -0.3 is 10.4 Å². The Kier molecular flexibility index (Phi) is 7.20. The first kappa shape index (κ1) is 22.7. The third kappa shape index (κ3) is 6.08. The number of unbranched alkanes of at least 4 members (excludes halogenated alkanes) is 1. The van der Waals surface area contributed by atoms with Crippen LogP contribution in [0.2, 0.25) is 5.02 Å². The quantitative estimate of drug-likeness (QED) is 0.374. The van der Waals surface area contributed by atoms with E-state index < -0.39 is 5.97 Å². The van der Waals surface area contributed by atoms with Crippen molar-refractivity contribution < 1.29 is 14.7 Å². The van der Waals surface area contributed by atoms with Crippen LogP contribution in [0.5, 0.6) is 0 Å². The molecule has 168 valence electrons. The van der Waals surface area contributed by atoms with Gasteiger partial charge in [0.15, 0.2) is 0 Å². The molecule has 2 atom stereocenters. The van der Waals surface area contributed by atoms with Gasteiger partial charge in [-0.2, -0.15) is 0 Å². The number of nitrogens with zero attached hydrogens (tertiary/aromatic N) is 1. The molecule has 5 nitrogen and oxygen atoms in total. The van der Waals surface area contributed by atoms with E-state index in [-0.39, 0.29) is 24.2 Å². The highest BCUT2D eigenvalue weighted by molar-refractivity contribution is 6.30. The van der Waals surface area contributed by atoms with Crippen LogP contribution in [0.25, 0.3) is 5.57 Å². The van der Waals surface area contributed by atoms with Crippen LogP contribution in [0.15, 0.2) is 79.1 Å². The fraction of sp³-hybridized carbons (Fsp3) is 0.222. The molecule has 4 rings (SSSR count). The van der Waals surface area contributed by atoms with Gasteiger partial charge in [-0.15, -0.1) is 0 Å². The molecular formula is C27H25ClN2O3. The average molecular weight is 461 g/mol.